The van der Waals surface area contributed by atoms with Crippen molar-refractivity contribution in [2.24, 2.45) is 17.6 Å². The van der Waals surface area contributed by atoms with Gasteiger partial charge in [-0.2, -0.15) is 0 Å². The van der Waals surface area contributed by atoms with E-state index in [1.165, 1.54) is 0 Å². The molecule has 0 aromatic carbocycles. The van der Waals surface area contributed by atoms with Gasteiger partial charge in [-0.15, -0.1) is 0 Å². The van der Waals surface area contributed by atoms with Gasteiger partial charge in [0.05, 0.1) is 0 Å². The first kappa shape index (κ1) is 15.3. The van der Waals surface area contributed by atoms with Gasteiger partial charge in [-0.25, -0.2) is 4.79 Å². The third-order valence-electron chi connectivity index (χ3n) is 4.67. The lowest BCUT2D eigenvalue weighted by atomic mass is 9.80. The average Bonchev–Trinajstić information content (AvgIpc) is 2.48. The number of nitrogens with two attached hydrogens (primary N) is 1. The molecule has 2 fully saturated rings. The first-order valence-electron chi connectivity index (χ1n) is 7.40. The number of carboxylic acid groups (broad SMARTS) is 1. The third kappa shape index (κ3) is 3.30. The highest BCUT2D eigenvalue weighted by atomic mass is 16.5. The number of carbonyl (C=O) groups excluding carboxylic acids is 1. The molecule has 0 atom stereocenters. The Bertz CT molecular complexity index is 358. The Labute approximate surface area is 119 Å². The van der Waals surface area contributed by atoms with Crippen LogP contribution in [0.2, 0.25) is 0 Å². The molecule has 1 aliphatic heterocycles. The van der Waals surface area contributed by atoms with E-state index < -0.39 is 11.5 Å². The number of amides is 1. The zero-order valence-corrected chi connectivity index (χ0v) is 11.8. The van der Waals surface area contributed by atoms with E-state index in [0.717, 1.165) is 25.7 Å². The van der Waals surface area contributed by atoms with Crippen molar-refractivity contribution in [1.82, 2.24) is 5.32 Å². The number of carboxylic acids is 1. The van der Waals surface area contributed by atoms with Gasteiger partial charge < -0.3 is 20.9 Å². The van der Waals surface area contributed by atoms with Gasteiger partial charge in [0.2, 0.25) is 5.91 Å². The van der Waals surface area contributed by atoms with Crippen LogP contribution < -0.4 is 11.1 Å². The van der Waals surface area contributed by atoms with E-state index >= 15 is 0 Å². The van der Waals surface area contributed by atoms with Gasteiger partial charge in [-0.1, -0.05) is 0 Å². The second-order valence-corrected chi connectivity index (χ2v) is 5.94. The molecular formula is C14H24N2O4. The molecule has 4 N–H and O–H groups in total. The fourth-order valence-corrected chi connectivity index (χ4v) is 3.11. The van der Waals surface area contributed by atoms with Crippen molar-refractivity contribution in [2.75, 3.05) is 19.8 Å². The maximum Gasteiger partial charge on any atom is 0.329 e. The van der Waals surface area contributed by atoms with E-state index in [1.54, 1.807) is 0 Å². The first-order valence-corrected chi connectivity index (χ1v) is 7.40. The molecule has 0 aromatic heterocycles. The first-order chi connectivity index (χ1) is 9.57. The number of aliphatic carboxylic acids is 1. The van der Waals surface area contributed by atoms with E-state index in [-0.39, 0.29) is 11.8 Å². The highest BCUT2D eigenvalue weighted by Gasteiger charge is 2.42. The van der Waals surface area contributed by atoms with E-state index in [9.17, 15) is 14.7 Å². The summed E-state index contributed by atoms with van der Waals surface area (Å²) in [6.45, 7) is 1.43. The second-order valence-electron chi connectivity index (χ2n) is 5.94. The predicted octanol–water partition coefficient (Wildman–Crippen LogP) is 0.502. The van der Waals surface area contributed by atoms with E-state index in [1.807, 2.05) is 0 Å². The lowest BCUT2D eigenvalue weighted by Crippen LogP contribution is -2.58. The Balaban J connectivity index is 1.94. The van der Waals surface area contributed by atoms with Crippen molar-refractivity contribution in [2.45, 2.75) is 44.1 Å². The Morgan fingerprint density at radius 3 is 2.30 bits per heavy atom. The summed E-state index contributed by atoms with van der Waals surface area (Å²) in [6, 6.07) is 0. The number of ether oxygens (including phenoxy) is 1. The highest BCUT2D eigenvalue weighted by molar-refractivity contribution is 5.88. The maximum absolute atomic E-state index is 12.3. The molecule has 1 saturated carbocycles. The normalized spacial score (nSPS) is 29.6. The molecule has 114 valence electrons. The third-order valence-corrected chi connectivity index (χ3v) is 4.67. The number of hydrogen-bond acceptors (Lipinski definition) is 4. The van der Waals surface area contributed by atoms with Gasteiger partial charge in [0.1, 0.15) is 5.54 Å². The molecule has 0 radical (unpaired) electrons. The van der Waals surface area contributed by atoms with Crippen molar-refractivity contribution >= 4 is 11.9 Å². The number of rotatable bonds is 4. The van der Waals surface area contributed by atoms with Crippen molar-refractivity contribution in [1.29, 1.82) is 0 Å². The van der Waals surface area contributed by atoms with Gasteiger partial charge in [-0.3, -0.25) is 4.79 Å². The van der Waals surface area contributed by atoms with Crippen LogP contribution in [0.4, 0.5) is 0 Å². The van der Waals surface area contributed by atoms with Crippen LogP contribution in [0.5, 0.6) is 0 Å². The fourth-order valence-electron chi connectivity index (χ4n) is 3.11. The van der Waals surface area contributed by atoms with Crippen molar-refractivity contribution in [3.05, 3.63) is 0 Å². The van der Waals surface area contributed by atoms with Crippen LogP contribution in [-0.4, -0.2) is 42.3 Å². The molecule has 2 rings (SSSR count). The SMILES string of the molecule is NCC1CCC(C(=O)NC2(C(=O)O)CCOCC2)CC1. The molecule has 0 spiro atoms. The van der Waals surface area contributed by atoms with E-state index in [0.29, 0.717) is 38.5 Å². The molecule has 20 heavy (non-hydrogen) atoms. The van der Waals surface area contributed by atoms with Crippen LogP contribution in [0.1, 0.15) is 38.5 Å². The Hall–Kier alpha value is -1.14. The standard InChI is InChI=1S/C14H24N2O4/c15-9-10-1-3-11(4-2-10)12(17)16-14(13(18)19)5-7-20-8-6-14/h10-11H,1-9,15H2,(H,16,17)(H,18,19). The Kier molecular flexibility index (Phi) is 4.99. The lowest BCUT2D eigenvalue weighted by Gasteiger charge is -2.36. The van der Waals surface area contributed by atoms with Gasteiger partial charge in [-0.05, 0) is 38.1 Å². The molecule has 1 saturated heterocycles. The van der Waals surface area contributed by atoms with Crippen molar-refractivity contribution in [3.63, 3.8) is 0 Å². The molecule has 1 heterocycles. The number of nitrogens with one attached hydrogen (secondary N) is 1. The molecule has 0 bridgehead atoms. The highest BCUT2D eigenvalue weighted by Crippen LogP contribution is 2.29. The van der Waals surface area contributed by atoms with Gasteiger partial charge in [0.15, 0.2) is 0 Å². The fraction of sp³-hybridized carbons (Fsp3) is 0.857. The van der Waals surface area contributed by atoms with Crippen LogP contribution in [0.3, 0.4) is 0 Å². The summed E-state index contributed by atoms with van der Waals surface area (Å²) in [5, 5.41) is 12.2. The summed E-state index contributed by atoms with van der Waals surface area (Å²) >= 11 is 0. The van der Waals surface area contributed by atoms with Crippen LogP contribution >= 0.6 is 0 Å². The maximum atomic E-state index is 12.3. The summed E-state index contributed by atoms with van der Waals surface area (Å²) < 4.78 is 5.20. The van der Waals surface area contributed by atoms with Gasteiger partial charge in [0, 0.05) is 32.0 Å². The molecule has 6 heteroatoms. The van der Waals surface area contributed by atoms with E-state index in [2.05, 4.69) is 5.32 Å². The minimum atomic E-state index is -1.14. The van der Waals surface area contributed by atoms with Gasteiger partial charge >= 0.3 is 5.97 Å². The number of hydrogen-bond donors (Lipinski definition) is 3. The summed E-state index contributed by atoms with van der Waals surface area (Å²) in [6.07, 6.45) is 4.20. The zero-order chi connectivity index (χ0) is 14.6. The van der Waals surface area contributed by atoms with Gasteiger partial charge in [0.25, 0.3) is 0 Å². The minimum Gasteiger partial charge on any atom is -0.480 e. The zero-order valence-electron chi connectivity index (χ0n) is 11.8. The largest absolute Gasteiger partial charge is 0.480 e. The Morgan fingerprint density at radius 2 is 1.80 bits per heavy atom. The van der Waals surface area contributed by atoms with E-state index in [4.69, 9.17) is 10.5 Å². The summed E-state index contributed by atoms with van der Waals surface area (Å²) in [5.74, 6) is -0.637. The number of carbonyl (C=O) groups is 2. The van der Waals surface area contributed by atoms with Crippen molar-refractivity contribution in [3.8, 4) is 0 Å². The summed E-state index contributed by atoms with van der Waals surface area (Å²) in [7, 11) is 0. The topological polar surface area (TPSA) is 102 Å². The molecule has 0 aromatic rings. The predicted molar refractivity (Wildman–Crippen MR) is 73.1 cm³/mol. The second kappa shape index (κ2) is 6.54. The Morgan fingerprint density at radius 1 is 1.20 bits per heavy atom. The van der Waals surface area contributed by atoms with Crippen LogP contribution in [0.15, 0.2) is 0 Å². The van der Waals surface area contributed by atoms with Crippen LogP contribution in [0.25, 0.3) is 0 Å². The molecule has 6 nitrogen and oxygen atoms in total. The summed E-state index contributed by atoms with van der Waals surface area (Å²) in [5.41, 5.74) is 4.50. The monoisotopic (exact) mass is 284 g/mol. The summed E-state index contributed by atoms with van der Waals surface area (Å²) in [4.78, 5) is 23.8. The molecule has 1 amide bonds. The minimum absolute atomic E-state index is 0.0723. The molecule has 2 aliphatic rings. The van der Waals surface area contributed by atoms with Crippen LogP contribution in [-0.2, 0) is 14.3 Å². The smallest absolute Gasteiger partial charge is 0.329 e. The molecule has 0 unspecified atom stereocenters. The lowest BCUT2D eigenvalue weighted by molar-refractivity contribution is -0.153. The quantitative estimate of drug-likeness (QED) is 0.698. The molecular weight excluding hydrogens is 260 g/mol. The van der Waals surface area contributed by atoms with Crippen LogP contribution in [0, 0.1) is 11.8 Å². The average molecular weight is 284 g/mol. The van der Waals surface area contributed by atoms with Crippen molar-refractivity contribution < 1.29 is 19.4 Å². The molecule has 1 aliphatic carbocycles.